The number of fused-ring (bicyclic) bond motifs is 1. The number of aromatic amines is 1. The molecule has 0 spiro atoms. The molecule has 4 aromatic rings. The van der Waals surface area contributed by atoms with Gasteiger partial charge in [0, 0.05) is 17.6 Å². The SMILES string of the molecule is Cn1c(-c2ccc(Cl)cc2)nc2c(=O)[nH]c(Oc3cccc(C(F)(F)F)c3F)nc21. The van der Waals surface area contributed by atoms with Crippen LogP contribution in [0.2, 0.25) is 5.02 Å². The molecule has 0 unspecified atom stereocenters. The van der Waals surface area contributed by atoms with E-state index >= 15 is 0 Å². The molecule has 0 aliphatic heterocycles. The van der Waals surface area contributed by atoms with Crippen molar-refractivity contribution < 1.29 is 22.3 Å². The molecule has 2 aromatic carbocycles. The van der Waals surface area contributed by atoms with Crippen molar-refractivity contribution in [2.24, 2.45) is 7.05 Å². The number of hydrogen-bond acceptors (Lipinski definition) is 4. The van der Waals surface area contributed by atoms with Crippen LogP contribution in [0.5, 0.6) is 11.8 Å². The number of imidazole rings is 1. The largest absolute Gasteiger partial charge is 0.422 e. The molecule has 0 amide bonds. The minimum Gasteiger partial charge on any atom is -0.422 e. The first-order chi connectivity index (χ1) is 14.1. The van der Waals surface area contributed by atoms with E-state index in [9.17, 15) is 22.4 Å². The Morgan fingerprint density at radius 1 is 1.10 bits per heavy atom. The van der Waals surface area contributed by atoms with Gasteiger partial charge in [-0.25, -0.2) is 9.37 Å². The fraction of sp³-hybridized carbons (Fsp3) is 0.105. The van der Waals surface area contributed by atoms with E-state index in [1.165, 1.54) is 4.57 Å². The third kappa shape index (κ3) is 3.50. The number of aromatic nitrogens is 4. The molecule has 0 radical (unpaired) electrons. The van der Waals surface area contributed by atoms with E-state index in [0.29, 0.717) is 22.5 Å². The molecule has 0 saturated heterocycles. The third-order valence-corrected chi connectivity index (χ3v) is 4.54. The lowest BCUT2D eigenvalue weighted by Gasteiger charge is -2.11. The summed E-state index contributed by atoms with van der Waals surface area (Å²) in [7, 11) is 1.60. The van der Waals surface area contributed by atoms with Crippen molar-refractivity contribution in [3.05, 3.63) is 69.2 Å². The number of ether oxygens (including phenoxy) is 1. The standard InChI is InChI=1S/C19H11ClF4N4O2/c1-28-15(9-5-7-10(20)8-6-9)25-14-16(28)26-18(27-17(14)29)30-12-4-2-3-11(13(12)21)19(22,23)24/h2-8H,1H3,(H,26,27,29). The quantitative estimate of drug-likeness (QED) is 0.460. The van der Waals surface area contributed by atoms with Crippen LogP contribution in [0.1, 0.15) is 5.56 Å². The molecule has 0 aliphatic rings. The summed E-state index contributed by atoms with van der Waals surface area (Å²) in [6.45, 7) is 0. The van der Waals surface area contributed by atoms with E-state index in [0.717, 1.165) is 12.1 Å². The fourth-order valence-corrected chi connectivity index (χ4v) is 2.99. The third-order valence-electron chi connectivity index (χ3n) is 4.29. The van der Waals surface area contributed by atoms with Gasteiger partial charge < -0.3 is 9.30 Å². The van der Waals surface area contributed by atoms with E-state index in [4.69, 9.17) is 16.3 Å². The normalized spacial score (nSPS) is 11.8. The Balaban J connectivity index is 1.78. The Hall–Kier alpha value is -3.40. The summed E-state index contributed by atoms with van der Waals surface area (Å²) in [4.78, 5) is 23.0. The van der Waals surface area contributed by atoms with Crippen LogP contribution in [-0.4, -0.2) is 19.5 Å². The zero-order valence-corrected chi connectivity index (χ0v) is 15.8. The number of rotatable bonds is 3. The average molecular weight is 439 g/mol. The van der Waals surface area contributed by atoms with Crippen molar-refractivity contribution in [1.29, 1.82) is 0 Å². The van der Waals surface area contributed by atoms with Crippen LogP contribution in [0.4, 0.5) is 17.6 Å². The molecule has 154 valence electrons. The number of halogens is 5. The molecule has 30 heavy (non-hydrogen) atoms. The monoisotopic (exact) mass is 438 g/mol. The predicted octanol–water partition coefficient (Wildman–Crippen LogP) is 4.93. The molecular weight excluding hydrogens is 428 g/mol. The van der Waals surface area contributed by atoms with Gasteiger partial charge in [-0.05, 0) is 36.4 Å². The summed E-state index contributed by atoms with van der Waals surface area (Å²) in [5.41, 5.74) is -1.44. The van der Waals surface area contributed by atoms with Gasteiger partial charge in [-0.2, -0.15) is 18.2 Å². The highest BCUT2D eigenvalue weighted by molar-refractivity contribution is 6.30. The van der Waals surface area contributed by atoms with Gasteiger partial charge in [0.25, 0.3) is 5.56 Å². The van der Waals surface area contributed by atoms with Crippen LogP contribution in [-0.2, 0) is 13.2 Å². The van der Waals surface area contributed by atoms with E-state index in [1.807, 2.05) is 0 Å². The molecule has 0 fully saturated rings. The number of H-pyrrole nitrogens is 1. The Morgan fingerprint density at radius 2 is 1.80 bits per heavy atom. The summed E-state index contributed by atoms with van der Waals surface area (Å²) in [5.74, 6) is -1.94. The molecule has 0 aliphatic carbocycles. The van der Waals surface area contributed by atoms with Gasteiger partial charge in [-0.1, -0.05) is 17.7 Å². The maximum atomic E-state index is 14.2. The second kappa shape index (κ2) is 7.13. The second-order valence-corrected chi connectivity index (χ2v) is 6.70. The van der Waals surface area contributed by atoms with Gasteiger partial charge in [0.15, 0.2) is 22.7 Å². The maximum Gasteiger partial charge on any atom is 0.419 e. The molecule has 4 rings (SSSR count). The Labute approximate surface area is 170 Å². The maximum absolute atomic E-state index is 14.2. The lowest BCUT2D eigenvalue weighted by molar-refractivity contribution is -0.140. The first kappa shape index (κ1) is 19.9. The van der Waals surface area contributed by atoms with E-state index in [1.54, 1.807) is 31.3 Å². The zero-order valence-electron chi connectivity index (χ0n) is 15.1. The molecule has 2 heterocycles. The van der Waals surface area contributed by atoms with Gasteiger partial charge in [0.05, 0.1) is 5.56 Å². The highest BCUT2D eigenvalue weighted by Gasteiger charge is 2.35. The molecule has 1 N–H and O–H groups in total. The molecule has 6 nitrogen and oxygen atoms in total. The van der Waals surface area contributed by atoms with Crippen molar-refractivity contribution >= 4 is 22.8 Å². The van der Waals surface area contributed by atoms with Crippen LogP contribution in [0.25, 0.3) is 22.6 Å². The van der Waals surface area contributed by atoms with Crippen LogP contribution >= 0.6 is 11.6 Å². The van der Waals surface area contributed by atoms with E-state index in [-0.39, 0.29) is 11.2 Å². The number of hydrogen-bond donors (Lipinski definition) is 1. The van der Waals surface area contributed by atoms with Crippen molar-refractivity contribution in [2.45, 2.75) is 6.18 Å². The minimum atomic E-state index is -4.90. The average Bonchev–Trinajstić information content (AvgIpc) is 3.01. The minimum absolute atomic E-state index is 0.0145. The van der Waals surface area contributed by atoms with Crippen LogP contribution < -0.4 is 10.3 Å². The first-order valence-corrected chi connectivity index (χ1v) is 8.79. The van der Waals surface area contributed by atoms with Crippen molar-refractivity contribution in [2.75, 3.05) is 0 Å². The van der Waals surface area contributed by atoms with Crippen LogP contribution in [0, 0.1) is 5.82 Å². The van der Waals surface area contributed by atoms with Gasteiger partial charge in [0.2, 0.25) is 0 Å². The van der Waals surface area contributed by atoms with Crippen LogP contribution in [0.15, 0.2) is 47.3 Å². The number of benzene rings is 2. The zero-order chi connectivity index (χ0) is 21.6. The summed E-state index contributed by atoms with van der Waals surface area (Å²) < 4.78 is 59.5. The fourth-order valence-electron chi connectivity index (χ4n) is 2.87. The van der Waals surface area contributed by atoms with Gasteiger partial charge in [0.1, 0.15) is 5.82 Å². The number of aryl methyl sites for hydroxylation is 1. The van der Waals surface area contributed by atoms with Crippen LogP contribution in [0.3, 0.4) is 0 Å². The van der Waals surface area contributed by atoms with Gasteiger partial charge in [-0.15, -0.1) is 0 Å². The number of nitrogens with one attached hydrogen (secondary N) is 1. The highest BCUT2D eigenvalue weighted by Crippen LogP contribution is 2.35. The van der Waals surface area contributed by atoms with Crippen molar-refractivity contribution in [3.8, 4) is 23.1 Å². The molecule has 0 bridgehead atoms. The van der Waals surface area contributed by atoms with Gasteiger partial charge in [-0.3, -0.25) is 9.78 Å². The Bertz CT molecular complexity index is 1310. The second-order valence-electron chi connectivity index (χ2n) is 6.26. The molecular formula is C19H11ClF4N4O2. The first-order valence-electron chi connectivity index (χ1n) is 8.41. The molecule has 0 saturated carbocycles. The molecule has 0 atom stereocenters. The van der Waals surface area contributed by atoms with Gasteiger partial charge >= 0.3 is 12.2 Å². The van der Waals surface area contributed by atoms with Crippen molar-refractivity contribution in [1.82, 2.24) is 19.5 Å². The Kier molecular flexibility index (Phi) is 4.73. The number of nitrogens with zero attached hydrogens (tertiary/aromatic N) is 3. The summed E-state index contributed by atoms with van der Waals surface area (Å²) in [6.07, 6.45) is -4.90. The number of alkyl halides is 3. The Morgan fingerprint density at radius 3 is 2.47 bits per heavy atom. The topological polar surface area (TPSA) is 72.8 Å². The van der Waals surface area contributed by atoms with Crippen molar-refractivity contribution in [3.63, 3.8) is 0 Å². The summed E-state index contributed by atoms with van der Waals surface area (Å²) in [5, 5.41) is 0.521. The van der Waals surface area contributed by atoms with E-state index in [2.05, 4.69) is 15.0 Å². The lowest BCUT2D eigenvalue weighted by Crippen LogP contribution is -2.12. The molecule has 2 aromatic heterocycles. The lowest BCUT2D eigenvalue weighted by atomic mass is 10.2. The summed E-state index contributed by atoms with van der Waals surface area (Å²) in [6, 6.07) is 8.80. The molecule has 11 heteroatoms. The predicted molar refractivity (Wildman–Crippen MR) is 101 cm³/mol. The highest BCUT2D eigenvalue weighted by atomic mass is 35.5. The smallest absolute Gasteiger partial charge is 0.419 e. The summed E-state index contributed by atoms with van der Waals surface area (Å²) >= 11 is 5.88. The van der Waals surface area contributed by atoms with E-state index < -0.39 is 34.9 Å².